The smallest absolute Gasteiger partial charge is 0.341 e. The molecule has 3 aromatic rings. The van der Waals surface area contributed by atoms with Crippen molar-refractivity contribution in [3.05, 3.63) is 65.4 Å². The number of urea groups is 1. The van der Waals surface area contributed by atoms with E-state index in [1.807, 2.05) is 11.0 Å². The molecule has 2 aromatic heterocycles. The number of halogens is 1. The van der Waals surface area contributed by atoms with E-state index in [1.165, 1.54) is 28.2 Å². The van der Waals surface area contributed by atoms with Crippen molar-refractivity contribution in [3.8, 4) is 11.9 Å². The minimum absolute atomic E-state index is 0.195. The number of hydrazone groups is 1. The van der Waals surface area contributed by atoms with E-state index in [0.29, 0.717) is 49.9 Å². The van der Waals surface area contributed by atoms with Gasteiger partial charge in [-0.3, -0.25) is 4.79 Å². The second-order valence-electron chi connectivity index (χ2n) is 8.29. The molecule has 182 valence electrons. The van der Waals surface area contributed by atoms with Crippen molar-refractivity contribution in [1.82, 2.24) is 29.7 Å². The normalized spacial score (nSPS) is 17.3. The summed E-state index contributed by atoms with van der Waals surface area (Å²) in [4.78, 5) is 37.1. The summed E-state index contributed by atoms with van der Waals surface area (Å²) in [6.45, 7) is 1.79. The molecule has 1 atom stereocenters. The zero-order valence-corrected chi connectivity index (χ0v) is 19.0. The van der Waals surface area contributed by atoms with Crippen LogP contribution in [0.1, 0.15) is 33.9 Å². The van der Waals surface area contributed by atoms with Crippen molar-refractivity contribution >= 4 is 24.1 Å². The second-order valence-corrected chi connectivity index (χ2v) is 8.29. The Hall–Kier alpha value is -4.86. The third-order valence-electron chi connectivity index (χ3n) is 6.02. The molecule has 0 unspecified atom stereocenters. The van der Waals surface area contributed by atoms with Crippen molar-refractivity contribution in [2.24, 2.45) is 10.8 Å². The summed E-state index contributed by atoms with van der Waals surface area (Å²) in [5.74, 6) is -0.160. The first kappa shape index (κ1) is 22.9. The molecule has 5 rings (SSSR count). The Bertz CT molecular complexity index is 1390. The third-order valence-corrected chi connectivity index (χ3v) is 6.02. The van der Waals surface area contributed by atoms with Crippen LogP contribution in [0.3, 0.4) is 0 Å². The minimum atomic E-state index is -0.580. The number of hydrogen-bond donors (Lipinski definition) is 1. The maximum Gasteiger partial charge on any atom is 0.341 e. The molecule has 2 aliphatic heterocycles. The molecule has 1 aromatic carbocycles. The van der Waals surface area contributed by atoms with Crippen LogP contribution in [0.5, 0.6) is 0 Å². The Kier molecular flexibility index (Phi) is 5.99. The van der Waals surface area contributed by atoms with Gasteiger partial charge in [-0.15, -0.1) is 0 Å². The van der Waals surface area contributed by atoms with Crippen molar-refractivity contribution in [1.29, 1.82) is 5.26 Å². The van der Waals surface area contributed by atoms with Crippen LogP contribution in [-0.4, -0.2) is 74.0 Å². The van der Waals surface area contributed by atoms with Crippen LogP contribution in [0.25, 0.3) is 5.82 Å². The predicted molar refractivity (Wildman–Crippen MR) is 126 cm³/mol. The first-order valence-corrected chi connectivity index (χ1v) is 11.2. The van der Waals surface area contributed by atoms with Crippen LogP contribution in [0.2, 0.25) is 0 Å². The van der Waals surface area contributed by atoms with E-state index in [2.05, 4.69) is 20.2 Å². The Morgan fingerprint density at radius 2 is 1.97 bits per heavy atom. The maximum absolute atomic E-state index is 14.0. The van der Waals surface area contributed by atoms with E-state index in [9.17, 15) is 14.0 Å². The molecule has 2 aliphatic rings. The lowest BCUT2D eigenvalue weighted by Crippen LogP contribution is -2.52. The van der Waals surface area contributed by atoms with Crippen LogP contribution in [0.15, 0.2) is 48.0 Å². The summed E-state index contributed by atoms with van der Waals surface area (Å²) in [5, 5.41) is 18.8. The van der Waals surface area contributed by atoms with Gasteiger partial charge >= 0.3 is 6.03 Å². The highest BCUT2D eigenvalue weighted by Crippen LogP contribution is 2.30. The van der Waals surface area contributed by atoms with Crippen molar-refractivity contribution in [2.45, 2.75) is 12.5 Å². The lowest BCUT2D eigenvalue weighted by Gasteiger charge is -2.37. The highest BCUT2D eigenvalue weighted by atomic mass is 19.1. The summed E-state index contributed by atoms with van der Waals surface area (Å²) >= 11 is 0. The molecule has 1 saturated heterocycles. The number of nitriles is 1. The highest BCUT2D eigenvalue weighted by molar-refractivity contribution is 5.92. The minimum Gasteiger partial charge on any atom is -0.366 e. The molecule has 36 heavy (non-hydrogen) atoms. The lowest BCUT2D eigenvalue weighted by molar-refractivity contribution is 0.1000. The topological polar surface area (TPSA) is 150 Å². The number of primary amides is 1. The average Bonchev–Trinajstić information content (AvgIpc) is 3.59. The van der Waals surface area contributed by atoms with Crippen molar-refractivity contribution in [2.75, 3.05) is 31.1 Å². The number of amides is 3. The summed E-state index contributed by atoms with van der Waals surface area (Å²) in [5.41, 5.74) is 6.28. The van der Waals surface area contributed by atoms with Crippen LogP contribution < -0.4 is 10.6 Å². The average molecular weight is 488 g/mol. The molecule has 2 N–H and O–H groups in total. The molecule has 0 radical (unpaired) electrons. The number of hydrogen-bond acceptors (Lipinski definition) is 8. The predicted octanol–water partition coefficient (Wildman–Crippen LogP) is 1.45. The van der Waals surface area contributed by atoms with Crippen molar-refractivity contribution < 1.29 is 14.0 Å². The number of nitrogens with zero attached hydrogens (tertiary/aromatic N) is 9. The highest BCUT2D eigenvalue weighted by Gasteiger charge is 2.33. The number of carbonyl (C=O) groups excluding carboxylic acids is 2. The van der Waals surface area contributed by atoms with Gasteiger partial charge in [-0.2, -0.15) is 20.4 Å². The summed E-state index contributed by atoms with van der Waals surface area (Å²) in [7, 11) is 0. The van der Waals surface area contributed by atoms with Gasteiger partial charge in [0, 0.05) is 57.3 Å². The SMILES string of the molecule is N#Cc1cc(F)cc([C@@H]2CC=NN2C(=O)N2CCN(c3nccc(-n4cc(C(N)=O)cn4)n3)CC2)c1. The fourth-order valence-corrected chi connectivity index (χ4v) is 4.18. The molecule has 12 nitrogen and oxygen atoms in total. The van der Waals surface area contributed by atoms with Gasteiger partial charge in [0.25, 0.3) is 5.91 Å². The lowest BCUT2D eigenvalue weighted by atomic mass is 10.0. The molecular weight excluding hydrogens is 467 g/mol. The zero-order chi connectivity index (χ0) is 25.2. The quantitative estimate of drug-likeness (QED) is 0.584. The Morgan fingerprint density at radius 3 is 2.69 bits per heavy atom. The molecule has 0 spiro atoms. The first-order chi connectivity index (χ1) is 17.4. The van der Waals surface area contributed by atoms with Gasteiger partial charge in [0.05, 0.1) is 29.4 Å². The van der Waals surface area contributed by atoms with E-state index < -0.39 is 17.8 Å². The van der Waals surface area contributed by atoms with Gasteiger partial charge in [0.15, 0.2) is 5.82 Å². The van der Waals surface area contributed by atoms with Crippen LogP contribution in [-0.2, 0) is 0 Å². The number of rotatable bonds is 4. The molecule has 4 heterocycles. The number of piperazine rings is 1. The van der Waals surface area contributed by atoms with E-state index >= 15 is 0 Å². The van der Waals surface area contributed by atoms with Crippen LogP contribution in [0.4, 0.5) is 15.1 Å². The van der Waals surface area contributed by atoms with Gasteiger partial charge in [-0.25, -0.2) is 23.9 Å². The van der Waals surface area contributed by atoms with E-state index in [-0.39, 0.29) is 17.2 Å². The Labute approximate surface area is 205 Å². The molecule has 0 bridgehead atoms. The summed E-state index contributed by atoms with van der Waals surface area (Å²) < 4.78 is 15.4. The van der Waals surface area contributed by atoms with Gasteiger partial charge in [0.1, 0.15) is 5.82 Å². The van der Waals surface area contributed by atoms with Gasteiger partial charge in [-0.1, -0.05) is 0 Å². The van der Waals surface area contributed by atoms with Crippen LogP contribution >= 0.6 is 0 Å². The molecule has 1 fully saturated rings. The van der Waals surface area contributed by atoms with Gasteiger partial charge in [-0.05, 0) is 23.8 Å². The number of anilines is 1. The first-order valence-electron chi connectivity index (χ1n) is 11.2. The molecule has 13 heteroatoms. The number of carbonyl (C=O) groups is 2. The van der Waals surface area contributed by atoms with Gasteiger partial charge < -0.3 is 15.5 Å². The van der Waals surface area contributed by atoms with Gasteiger partial charge in [0.2, 0.25) is 5.95 Å². The molecule has 3 amide bonds. The molecular formula is C23H21FN10O2. The Balaban J connectivity index is 1.25. The second kappa shape index (κ2) is 9.41. The molecule has 0 aliphatic carbocycles. The van der Waals surface area contributed by atoms with Crippen molar-refractivity contribution in [3.63, 3.8) is 0 Å². The monoisotopic (exact) mass is 488 g/mol. The largest absolute Gasteiger partial charge is 0.366 e. The van der Waals surface area contributed by atoms with E-state index in [4.69, 9.17) is 11.0 Å². The van der Waals surface area contributed by atoms with E-state index in [0.717, 1.165) is 6.07 Å². The van der Waals surface area contributed by atoms with E-state index in [1.54, 1.807) is 29.4 Å². The standard InChI is InChI=1S/C23H21FN10O2/c24-18-10-15(12-25)9-16(11-18)19-1-4-28-34(19)23(36)32-7-5-31(6-8-32)22-27-3-2-20(30-22)33-14-17(13-29-33)21(26)35/h2-4,9-11,13-14,19H,1,5-8H2,(H2,26,35)/t19-/m0/s1. The third kappa shape index (κ3) is 4.43. The summed E-state index contributed by atoms with van der Waals surface area (Å²) in [6, 6.07) is 6.91. The summed E-state index contributed by atoms with van der Waals surface area (Å²) in [6.07, 6.45) is 6.52. The fraction of sp³-hybridized carbons (Fsp3) is 0.261. The maximum atomic E-state index is 14.0. The number of aromatic nitrogens is 4. The molecule has 0 saturated carbocycles. The fourth-order valence-electron chi connectivity index (χ4n) is 4.18. The number of benzene rings is 1. The van der Waals surface area contributed by atoms with Crippen LogP contribution in [0, 0.1) is 17.1 Å². The Morgan fingerprint density at radius 1 is 1.17 bits per heavy atom. The number of nitrogens with two attached hydrogens (primary N) is 1. The zero-order valence-electron chi connectivity index (χ0n) is 19.0.